The van der Waals surface area contributed by atoms with Crippen LogP contribution in [0.4, 0.5) is 17.6 Å². The van der Waals surface area contributed by atoms with Crippen LogP contribution in [0.5, 0.6) is 5.75 Å². The zero-order valence-electron chi connectivity index (χ0n) is 18.3. The molecule has 0 unspecified atom stereocenters. The summed E-state index contributed by atoms with van der Waals surface area (Å²) < 4.78 is 79.6. The van der Waals surface area contributed by atoms with E-state index in [0.717, 1.165) is 48.5 Å². The van der Waals surface area contributed by atoms with E-state index in [0.29, 0.717) is 12.5 Å². The van der Waals surface area contributed by atoms with Crippen LogP contribution in [0.15, 0.2) is 12.1 Å². The fraction of sp³-hybridized carbons (Fsp3) is 0.600. The lowest BCUT2D eigenvalue weighted by molar-refractivity contribution is -0.192. The number of halogens is 5. The fourth-order valence-corrected chi connectivity index (χ4v) is 5.57. The van der Waals surface area contributed by atoms with Crippen LogP contribution in [-0.4, -0.2) is 61.1 Å². The molecule has 196 valence electrons. The summed E-state index contributed by atoms with van der Waals surface area (Å²) in [5.74, 6) is -4.04. The van der Waals surface area contributed by atoms with Gasteiger partial charge in [0.15, 0.2) is 0 Å². The van der Waals surface area contributed by atoms with Gasteiger partial charge in [0, 0.05) is 24.7 Å². The summed E-state index contributed by atoms with van der Waals surface area (Å²) >= 11 is 6.12. The Bertz CT molecular complexity index is 1100. The molecule has 3 aliphatic rings. The Kier molecular flexibility index (Phi) is 7.89. The highest BCUT2D eigenvalue weighted by molar-refractivity contribution is 7.87. The van der Waals surface area contributed by atoms with Crippen molar-refractivity contribution in [1.82, 2.24) is 9.03 Å². The number of ether oxygens (including phenoxy) is 1. The predicted molar refractivity (Wildman–Crippen MR) is 116 cm³/mol. The van der Waals surface area contributed by atoms with Gasteiger partial charge in [-0.15, -0.1) is 0 Å². The molecule has 1 heterocycles. The van der Waals surface area contributed by atoms with Crippen molar-refractivity contribution in [2.45, 2.75) is 43.8 Å². The van der Waals surface area contributed by atoms with Gasteiger partial charge < -0.3 is 15.6 Å². The molecule has 2 saturated carbocycles. The summed E-state index contributed by atoms with van der Waals surface area (Å²) in [5, 5.41) is 7.19. The van der Waals surface area contributed by atoms with Gasteiger partial charge in [0.25, 0.3) is 5.91 Å². The Labute approximate surface area is 203 Å². The smallest absolute Gasteiger partial charge is 0.490 e. The molecule has 1 aliphatic heterocycles. The predicted octanol–water partition coefficient (Wildman–Crippen LogP) is 2.69. The summed E-state index contributed by atoms with van der Waals surface area (Å²) in [6.45, 7) is 0.851. The Hall–Kier alpha value is -2.16. The minimum atomic E-state index is -5.08. The molecule has 0 aromatic heterocycles. The Morgan fingerprint density at radius 2 is 1.89 bits per heavy atom. The molecule has 0 radical (unpaired) electrons. The van der Waals surface area contributed by atoms with Gasteiger partial charge in [-0.25, -0.2) is 13.9 Å². The molecule has 2 atom stereocenters. The Morgan fingerprint density at radius 3 is 2.40 bits per heavy atom. The SMILES string of the molecule is N[C@@]12C[C@@H]1CN(S(=O)(=O)NC(=O)c1cc(Cl)c(OCC3CCCC3)cc1F)C2.O=C(O)C(F)(F)F. The fourth-order valence-electron chi connectivity index (χ4n) is 4.10. The molecule has 1 aromatic carbocycles. The van der Waals surface area contributed by atoms with Crippen molar-refractivity contribution >= 4 is 33.7 Å². The van der Waals surface area contributed by atoms with E-state index >= 15 is 0 Å². The molecule has 0 bridgehead atoms. The zero-order chi connectivity index (χ0) is 26.2. The average Bonchev–Trinajstić information content (AvgIpc) is 3.10. The number of hydrogen-bond acceptors (Lipinski definition) is 6. The number of rotatable bonds is 6. The molecule has 2 aliphatic carbocycles. The number of nitrogens with zero attached hydrogens (tertiary/aromatic N) is 1. The van der Waals surface area contributed by atoms with Crippen LogP contribution < -0.4 is 15.2 Å². The van der Waals surface area contributed by atoms with Gasteiger partial charge in [-0.2, -0.15) is 25.9 Å². The van der Waals surface area contributed by atoms with Gasteiger partial charge in [-0.05, 0) is 37.2 Å². The van der Waals surface area contributed by atoms with Crippen LogP contribution in [0.25, 0.3) is 0 Å². The summed E-state index contributed by atoms with van der Waals surface area (Å²) in [6, 6.07) is 2.12. The minimum absolute atomic E-state index is 0.0604. The number of alkyl halides is 3. The Morgan fingerprint density at radius 1 is 1.29 bits per heavy atom. The molecule has 15 heteroatoms. The molecule has 3 fully saturated rings. The highest BCUT2D eigenvalue weighted by atomic mass is 35.5. The number of carboxylic acids is 1. The number of piperidine rings is 1. The largest absolute Gasteiger partial charge is 0.492 e. The third-order valence-electron chi connectivity index (χ3n) is 6.19. The first-order chi connectivity index (χ1) is 16.1. The lowest BCUT2D eigenvalue weighted by atomic mass is 10.1. The standard InChI is InChI=1S/C18H23ClFN3O4S.C2HF3O2/c19-14-5-13(15(20)6-16(14)27-9-11-3-1-2-4-11)17(24)22-28(25,26)23-8-12-7-18(12,21)10-23;3-2(4,5)1(6)7/h5-6,11-12H,1-4,7-10,21H2,(H,22,24);(H,6,7)/t12-,18-;/m1./s1. The summed E-state index contributed by atoms with van der Waals surface area (Å²) in [5.41, 5.74) is 5.06. The van der Waals surface area contributed by atoms with E-state index in [1.54, 1.807) is 0 Å². The Balaban J connectivity index is 0.000000429. The number of benzene rings is 1. The van der Waals surface area contributed by atoms with Gasteiger partial charge in [0.05, 0.1) is 17.2 Å². The number of hydrogen-bond donors (Lipinski definition) is 3. The van der Waals surface area contributed by atoms with Gasteiger partial charge >= 0.3 is 22.4 Å². The van der Waals surface area contributed by atoms with E-state index in [-0.39, 0.29) is 29.8 Å². The van der Waals surface area contributed by atoms with E-state index in [4.69, 9.17) is 32.0 Å². The van der Waals surface area contributed by atoms with E-state index in [1.165, 1.54) is 0 Å². The highest BCUT2D eigenvalue weighted by Gasteiger charge is 2.59. The maximum absolute atomic E-state index is 14.4. The highest BCUT2D eigenvalue weighted by Crippen LogP contribution is 2.47. The lowest BCUT2D eigenvalue weighted by Crippen LogP contribution is -2.45. The number of aliphatic carboxylic acids is 1. The van der Waals surface area contributed by atoms with Crippen molar-refractivity contribution in [1.29, 1.82) is 0 Å². The lowest BCUT2D eigenvalue weighted by Gasteiger charge is -2.19. The second kappa shape index (κ2) is 10.1. The third kappa shape index (κ3) is 6.74. The second-order valence-corrected chi connectivity index (χ2v) is 11.0. The molecule has 4 N–H and O–H groups in total. The molecule has 4 rings (SSSR count). The average molecular weight is 546 g/mol. The van der Waals surface area contributed by atoms with Gasteiger partial charge in [-0.1, -0.05) is 24.4 Å². The van der Waals surface area contributed by atoms with E-state index in [2.05, 4.69) is 0 Å². The molecular weight excluding hydrogens is 522 g/mol. The van der Waals surface area contributed by atoms with Crippen LogP contribution in [0, 0.1) is 17.7 Å². The number of amides is 1. The van der Waals surface area contributed by atoms with Crippen molar-refractivity contribution in [3.05, 3.63) is 28.5 Å². The summed E-state index contributed by atoms with van der Waals surface area (Å²) in [7, 11) is -4.10. The topological polar surface area (TPSA) is 139 Å². The van der Waals surface area contributed by atoms with Crippen molar-refractivity contribution in [3.8, 4) is 5.75 Å². The van der Waals surface area contributed by atoms with E-state index in [9.17, 15) is 30.8 Å². The normalized spacial score (nSPS) is 24.3. The van der Waals surface area contributed by atoms with Gasteiger partial charge in [0.1, 0.15) is 11.6 Å². The first-order valence-corrected chi connectivity index (χ1v) is 12.5. The number of carbonyl (C=O) groups excluding carboxylic acids is 1. The van der Waals surface area contributed by atoms with Crippen molar-refractivity contribution in [2.75, 3.05) is 19.7 Å². The minimum Gasteiger partial charge on any atom is -0.492 e. The number of carboxylic acid groups (broad SMARTS) is 1. The van der Waals surface area contributed by atoms with Crippen molar-refractivity contribution in [2.24, 2.45) is 17.6 Å². The molecule has 35 heavy (non-hydrogen) atoms. The number of nitrogens with two attached hydrogens (primary N) is 1. The van der Waals surface area contributed by atoms with Crippen molar-refractivity contribution < 1.29 is 45.4 Å². The maximum Gasteiger partial charge on any atom is 0.490 e. The van der Waals surface area contributed by atoms with Crippen LogP contribution in [0.2, 0.25) is 5.02 Å². The molecule has 1 saturated heterocycles. The van der Waals surface area contributed by atoms with Crippen molar-refractivity contribution in [3.63, 3.8) is 0 Å². The van der Waals surface area contributed by atoms with Gasteiger partial charge in [0.2, 0.25) is 0 Å². The molecule has 1 aromatic rings. The first-order valence-electron chi connectivity index (χ1n) is 10.7. The van der Waals surface area contributed by atoms with Gasteiger partial charge in [-0.3, -0.25) is 4.79 Å². The molecule has 9 nitrogen and oxygen atoms in total. The monoisotopic (exact) mass is 545 g/mol. The number of carbonyl (C=O) groups is 2. The quantitative estimate of drug-likeness (QED) is 0.467. The molecule has 1 amide bonds. The maximum atomic E-state index is 14.4. The molecular formula is C20H24ClF4N3O6S. The van der Waals surface area contributed by atoms with Crippen LogP contribution >= 0.6 is 11.6 Å². The summed E-state index contributed by atoms with van der Waals surface area (Å²) in [4.78, 5) is 21.2. The second-order valence-electron chi connectivity index (χ2n) is 8.89. The summed E-state index contributed by atoms with van der Waals surface area (Å²) in [6.07, 6.45) is 0.152. The third-order valence-corrected chi connectivity index (χ3v) is 7.89. The van der Waals surface area contributed by atoms with E-state index < -0.39 is 45.2 Å². The molecule has 0 spiro atoms. The van der Waals surface area contributed by atoms with Crippen LogP contribution in [0.3, 0.4) is 0 Å². The first kappa shape index (κ1) is 27.4. The van der Waals surface area contributed by atoms with Crippen LogP contribution in [0.1, 0.15) is 42.5 Å². The zero-order valence-corrected chi connectivity index (χ0v) is 19.8. The number of fused-ring (bicyclic) bond motifs is 1. The van der Waals surface area contributed by atoms with E-state index in [1.807, 2.05) is 4.72 Å². The van der Waals surface area contributed by atoms with Crippen LogP contribution in [-0.2, 0) is 15.0 Å². The number of nitrogens with one attached hydrogen (secondary N) is 1.